The highest BCUT2D eigenvalue weighted by Crippen LogP contribution is 2.24. The molecule has 1 rings (SSSR count). The fourth-order valence-corrected chi connectivity index (χ4v) is 2.56. The monoisotopic (exact) mass is 282 g/mol. The molecule has 20 heavy (non-hydrogen) atoms. The number of nitro groups is 1. The molecule has 2 atom stereocenters. The van der Waals surface area contributed by atoms with Crippen molar-refractivity contribution in [1.29, 1.82) is 0 Å². The molecule has 0 aliphatic rings. The van der Waals surface area contributed by atoms with Gasteiger partial charge in [-0.2, -0.15) is 4.39 Å². The summed E-state index contributed by atoms with van der Waals surface area (Å²) in [6.45, 7) is 9.34. The molecule has 2 unspecified atom stereocenters. The molecule has 112 valence electrons. The SMILES string of the molecule is CCNC(C)C(Cc1ccc([N+](=O)[O-])c(F)c1)C(C)C. The van der Waals surface area contributed by atoms with Crippen molar-refractivity contribution in [2.75, 3.05) is 6.54 Å². The van der Waals surface area contributed by atoms with E-state index in [1.54, 1.807) is 6.07 Å². The highest BCUT2D eigenvalue weighted by atomic mass is 19.1. The quantitative estimate of drug-likeness (QED) is 0.614. The van der Waals surface area contributed by atoms with Gasteiger partial charge in [0.05, 0.1) is 4.92 Å². The van der Waals surface area contributed by atoms with Gasteiger partial charge in [0.2, 0.25) is 5.82 Å². The van der Waals surface area contributed by atoms with Gasteiger partial charge in [0.25, 0.3) is 0 Å². The molecule has 5 heteroatoms. The van der Waals surface area contributed by atoms with E-state index in [-0.39, 0.29) is 0 Å². The molecule has 1 aromatic carbocycles. The first-order chi connectivity index (χ1) is 9.36. The number of nitro benzene ring substituents is 1. The Morgan fingerprint density at radius 3 is 2.45 bits per heavy atom. The standard InChI is InChI=1S/C15H23FN2O2/c1-5-17-11(4)13(10(2)3)8-12-6-7-15(18(19)20)14(16)9-12/h6-7,9-11,13,17H,5,8H2,1-4H3. The van der Waals surface area contributed by atoms with Gasteiger partial charge >= 0.3 is 5.69 Å². The third-order valence-corrected chi connectivity index (χ3v) is 3.70. The van der Waals surface area contributed by atoms with Crippen LogP contribution in [-0.2, 0) is 6.42 Å². The van der Waals surface area contributed by atoms with Crippen LogP contribution in [-0.4, -0.2) is 17.5 Å². The Morgan fingerprint density at radius 1 is 1.35 bits per heavy atom. The molecule has 0 saturated heterocycles. The molecule has 1 aromatic rings. The second kappa shape index (κ2) is 7.33. The summed E-state index contributed by atoms with van der Waals surface area (Å²) in [6.07, 6.45) is 0.709. The zero-order valence-corrected chi connectivity index (χ0v) is 12.5. The summed E-state index contributed by atoms with van der Waals surface area (Å²) in [5, 5.41) is 14.0. The second-order valence-corrected chi connectivity index (χ2v) is 5.50. The molecule has 0 aliphatic heterocycles. The Bertz CT molecular complexity index is 463. The topological polar surface area (TPSA) is 55.2 Å². The van der Waals surface area contributed by atoms with Crippen molar-refractivity contribution in [2.45, 2.75) is 40.2 Å². The third kappa shape index (κ3) is 4.27. The van der Waals surface area contributed by atoms with Crippen molar-refractivity contribution >= 4 is 5.69 Å². The maximum Gasteiger partial charge on any atom is 0.304 e. The molecular weight excluding hydrogens is 259 g/mol. The van der Waals surface area contributed by atoms with Crippen molar-refractivity contribution in [2.24, 2.45) is 11.8 Å². The summed E-state index contributed by atoms with van der Waals surface area (Å²) in [5.41, 5.74) is 0.339. The smallest absolute Gasteiger partial charge is 0.304 e. The van der Waals surface area contributed by atoms with E-state index in [2.05, 4.69) is 33.0 Å². The summed E-state index contributed by atoms with van der Waals surface area (Å²) in [6, 6.07) is 4.50. The fourth-order valence-electron chi connectivity index (χ4n) is 2.56. The van der Waals surface area contributed by atoms with Crippen LogP contribution in [0, 0.1) is 27.8 Å². The summed E-state index contributed by atoms with van der Waals surface area (Å²) in [4.78, 5) is 9.92. The lowest BCUT2D eigenvalue weighted by Crippen LogP contribution is -2.37. The van der Waals surface area contributed by atoms with E-state index in [4.69, 9.17) is 0 Å². The maximum absolute atomic E-state index is 13.6. The van der Waals surface area contributed by atoms with E-state index in [9.17, 15) is 14.5 Å². The van der Waals surface area contributed by atoms with E-state index in [0.717, 1.165) is 12.1 Å². The van der Waals surface area contributed by atoms with Crippen LogP contribution in [0.15, 0.2) is 18.2 Å². The number of nitrogens with one attached hydrogen (secondary N) is 1. The average molecular weight is 282 g/mol. The van der Waals surface area contributed by atoms with Gasteiger partial charge in [0.1, 0.15) is 0 Å². The predicted octanol–water partition coefficient (Wildman–Crippen LogP) is 3.55. The first kappa shape index (κ1) is 16.6. The molecule has 0 fully saturated rings. The maximum atomic E-state index is 13.6. The largest absolute Gasteiger partial charge is 0.314 e. The summed E-state index contributed by atoms with van der Waals surface area (Å²) in [7, 11) is 0. The van der Waals surface area contributed by atoms with E-state index < -0.39 is 16.4 Å². The van der Waals surface area contributed by atoms with Crippen LogP contribution in [0.25, 0.3) is 0 Å². The minimum atomic E-state index is -0.758. The van der Waals surface area contributed by atoms with E-state index >= 15 is 0 Å². The van der Waals surface area contributed by atoms with Crippen LogP contribution in [0.1, 0.15) is 33.3 Å². The predicted molar refractivity (Wildman–Crippen MR) is 78.2 cm³/mol. The van der Waals surface area contributed by atoms with Crippen molar-refractivity contribution < 1.29 is 9.31 Å². The molecule has 0 saturated carbocycles. The number of nitrogens with zero attached hydrogens (tertiary/aromatic N) is 1. The Hall–Kier alpha value is -1.49. The van der Waals surface area contributed by atoms with Gasteiger partial charge in [-0.05, 0) is 43.4 Å². The molecule has 0 radical (unpaired) electrons. The van der Waals surface area contributed by atoms with Crippen molar-refractivity contribution in [3.05, 3.63) is 39.7 Å². The second-order valence-electron chi connectivity index (χ2n) is 5.50. The Kier molecular flexibility index (Phi) is 6.07. The van der Waals surface area contributed by atoms with Gasteiger partial charge in [0, 0.05) is 12.1 Å². The fraction of sp³-hybridized carbons (Fsp3) is 0.600. The zero-order valence-electron chi connectivity index (χ0n) is 12.5. The third-order valence-electron chi connectivity index (χ3n) is 3.70. The van der Waals surface area contributed by atoms with Crippen LogP contribution in [0.5, 0.6) is 0 Å². The molecule has 0 aromatic heterocycles. The summed E-state index contributed by atoms with van der Waals surface area (Å²) < 4.78 is 13.6. The Labute approximate surface area is 119 Å². The van der Waals surface area contributed by atoms with Crippen molar-refractivity contribution in [3.8, 4) is 0 Å². The molecule has 4 nitrogen and oxygen atoms in total. The lowest BCUT2D eigenvalue weighted by molar-refractivity contribution is -0.387. The zero-order chi connectivity index (χ0) is 15.3. The van der Waals surface area contributed by atoms with Crippen LogP contribution >= 0.6 is 0 Å². The van der Waals surface area contributed by atoms with E-state index in [0.29, 0.717) is 24.3 Å². The van der Waals surface area contributed by atoms with E-state index in [1.165, 1.54) is 12.1 Å². The lowest BCUT2D eigenvalue weighted by atomic mass is 9.84. The molecule has 0 aliphatic carbocycles. The Morgan fingerprint density at radius 2 is 2.00 bits per heavy atom. The minimum Gasteiger partial charge on any atom is -0.314 e. The highest BCUT2D eigenvalue weighted by molar-refractivity contribution is 5.35. The number of benzene rings is 1. The van der Waals surface area contributed by atoms with Gasteiger partial charge in [-0.1, -0.05) is 26.8 Å². The minimum absolute atomic E-state index is 0.318. The van der Waals surface area contributed by atoms with Crippen LogP contribution in [0.3, 0.4) is 0 Å². The normalized spacial score (nSPS) is 14.3. The molecule has 0 heterocycles. The van der Waals surface area contributed by atoms with Gasteiger partial charge in [-0.3, -0.25) is 10.1 Å². The first-order valence-corrected chi connectivity index (χ1v) is 7.03. The molecule has 0 spiro atoms. The van der Waals surface area contributed by atoms with Gasteiger partial charge in [-0.15, -0.1) is 0 Å². The first-order valence-electron chi connectivity index (χ1n) is 7.03. The summed E-state index contributed by atoms with van der Waals surface area (Å²) in [5.74, 6) is 0.0456. The van der Waals surface area contributed by atoms with Crippen LogP contribution < -0.4 is 5.32 Å². The number of halogens is 1. The molecule has 0 bridgehead atoms. The van der Waals surface area contributed by atoms with Crippen LogP contribution in [0.4, 0.5) is 10.1 Å². The molecular formula is C15H23FN2O2. The highest BCUT2D eigenvalue weighted by Gasteiger charge is 2.22. The van der Waals surface area contributed by atoms with Gasteiger partial charge in [0.15, 0.2) is 0 Å². The number of rotatable bonds is 7. The molecule has 1 N–H and O–H groups in total. The van der Waals surface area contributed by atoms with E-state index in [1.807, 2.05) is 0 Å². The number of hydrogen-bond donors (Lipinski definition) is 1. The van der Waals surface area contributed by atoms with Gasteiger partial charge in [-0.25, -0.2) is 0 Å². The number of hydrogen-bond acceptors (Lipinski definition) is 3. The average Bonchev–Trinajstić information content (AvgIpc) is 2.35. The lowest BCUT2D eigenvalue weighted by Gasteiger charge is -2.28. The van der Waals surface area contributed by atoms with Gasteiger partial charge < -0.3 is 5.32 Å². The van der Waals surface area contributed by atoms with Crippen LogP contribution in [0.2, 0.25) is 0 Å². The van der Waals surface area contributed by atoms with Crippen molar-refractivity contribution in [3.63, 3.8) is 0 Å². The van der Waals surface area contributed by atoms with Crippen molar-refractivity contribution in [1.82, 2.24) is 5.32 Å². The Balaban J connectivity index is 2.89. The molecule has 0 amide bonds. The summed E-state index contributed by atoms with van der Waals surface area (Å²) >= 11 is 0.